The van der Waals surface area contributed by atoms with Crippen LogP contribution in [0.4, 0.5) is 0 Å². The molecule has 0 saturated heterocycles. The maximum atomic E-state index is 11.7. The standard InChI is InChI=1S/C12H13NO3/c1-2-13(16)12(15)11-8-4-3-6-10(11)7-5-9-14/h3-9,16H,2H2,1H3/b7-5+. The van der Waals surface area contributed by atoms with E-state index in [0.29, 0.717) is 22.5 Å². The molecule has 4 nitrogen and oxygen atoms in total. The predicted octanol–water partition coefficient (Wildman–Crippen LogP) is 1.75. The van der Waals surface area contributed by atoms with Gasteiger partial charge in [-0.2, -0.15) is 0 Å². The van der Waals surface area contributed by atoms with Crippen molar-refractivity contribution in [1.29, 1.82) is 0 Å². The molecule has 1 aromatic rings. The average molecular weight is 219 g/mol. The lowest BCUT2D eigenvalue weighted by molar-refractivity contribution is -0.104. The Morgan fingerprint density at radius 3 is 2.75 bits per heavy atom. The van der Waals surface area contributed by atoms with Crippen LogP contribution in [0.2, 0.25) is 0 Å². The Morgan fingerprint density at radius 2 is 2.12 bits per heavy atom. The minimum atomic E-state index is -0.478. The third kappa shape index (κ3) is 2.77. The van der Waals surface area contributed by atoms with Crippen LogP contribution in [0.15, 0.2) is 30.3 Å². The fourth-order valence-electron chi connectivity index (χ4n) is 1.26. The van der Waals surface area contributed by atoms with E-state index in [1.807, 2.05) is 0 Å². The second kappa shape index (κ2) is 5.82. The zero-order chi connectivity index (χ0) is 12.0. The molecule has 0 bridgehead atoms. The van der Waals surface area contributed by atoms with Gasteiger partial charge in [-0.15, -0.1) is 0 Å². The summed E-state index contributed by atoms with van der Waals surface area (Å²) in [7, 11) is 0. The molecule has 0 spiro atoms. The monoisotopic (exact) mass is 219 g/mol. The summed E-state index contributed by atoms with van der Waals surface area (Å²) in [4.78, 5) is 21.9. The maximum Gasteiger partial charge on any atom is 0.277 e. The first kappa shape index (κ1) is 12.1. The van der Waals surface area contributed by atoms with Crippen LogP contribution >= 0.6 is 0 Å². The molecular weight excluding hydrogens is 206 g/mol. The van der Waals surface area contributed by atoms with Crippen LogP contribution in [0.1, 0.15) is 22.8 Å². The van der Waals surface area contributed by atoms with Gasteiger partial charge >= 0.3 is 0 Å². The largest absolute Gasteiger partial charge is 0.299 e. The summed E-state index contributed by atoms with van der Waals surface area (Å²) in [6, 6.07) is 6.77. The normalized spacial score (nSPS) is 10.4. The van der Waals surface area contributed by atoms with Gasteiger partial charge in [0.25, 0.3) is 5.91 Å². The third-order valence-corrected chi connectivity index (χ3v) is 2.08. The van der Waals surface area contributed by atoms with E-state index in [4.69, 9.17) is 0 Å². The smallest absolute Gasteiger partial charge is 0.277 e. The first-order chi connectivity index (χ1) is 7.70. The van der Waals surface area contributed by atoms with Gasteiger partial charge < -0.3 is 0 Å². The minimum Gasteiger partial charge on any atom is -0.299 e. The van der Waals surface area contributed by atoms with Crippen molar-refractivity contribution < 1.29 is 14.8 Å². The van der Waals surface area contributed by atoms with Crippen LogP contribution in [-0.2, 0) is 4.79 Å². The number of amides is 1. The van der Waals surface area contributed by atoms with E-state index >= 15 is 0 Å². The molecule has 84 valence electrons. The molecule has 0 fully saturated rings. The Labute approximate surface area is 93.8 Å². The lowest BCUT2D eigenvalue weighted by Crippen LogP contribution is -2.27. The van der Waals surface area contributed by atoms with Crippen molar-refractivity contribution >= 4 is 18.3 Å². The van der Waals surface area contributed by atoms with Crippen LogP contribution in [0, 0.1) is 0 Å². The molecule has 0 aliphatic heterocycles. The average Bonchev–Trinajstić information content (AvgIpc) is 2.34. The van der Waals surface area contributed by atoms with E-state index in [0.717, 1.165) is 0 Å². The number of hydrogen-bond donors (Lipinski definition) is 1. The molecule has 1 N–H and O–H groups in total. The first-order valence-electron chi connectivity index (χ1n) is 4.92. The van der Waals surface area contributed by atoms with Crippen molar-refractivity contribution in [3.8, 4) is 0 Å². The van der Waals surface area contributed by atoms with E-state index in [9.17, 15) is 14.8 Å². The van der Waals surface area contributed by atoms with E-state index < -0.39 is 5.91 Å². The Morgan fingerprint density at radius 1 is 1.44 bits per heavy atom. The number of allylic oxidation sites excluding steroid dienone is 1. The first-order valence-corrected chi connectivity index (χ1v) is 4.92. The summed E-state index contributed by atoms with van der Waals surface area (Å²) < 4.78 is 0. The minimum absolute atomic E-state index is 0.213. The number of rotatable bonds is 4. The Kier molecular flexibility index (Phi) is 4.42. The lowest BCUT2D eigenvalue weighted by atomic mass is 10.1. The Hall–Kier alpha value is -1.94. The van der Waals surface area contributed by atoms with Gasteiger partial charge in [0.15, 0.2) is 0 Å². The molecule has 1 amide bonds. The molecule has 4 heteroatoms. The summed E-state index contributed by atoms with van der Waals surface area (Å²) in [5.41, 5.74) is 0.969. The fourth-order valence-corrected chi connectivity index (χ4v) is 1.26. The van der Waals surface area contributed by atoms with Gasteiger partial charge in [0.05, 0.1) is 0 Å². The molecule has 0 unspecified atom stereocenters. The maximum absolute atomic E-state index is 11.7. The molecule has 0 heterocycles. The molecule has 0 aromatic heterocycles. The summed E-state index contributed by atoms with van der Waals surface area (Å²) >= 11 is 0. The zero-order valence-electron chi connectivity index (χ0n) is 8.96. The van der Waals surface area contributed by atoms with Crippen molar-refractivity contribution in [2.45, 2.75) is 6.92 Å². The van der Waals surface area contributed by atoms with Gasteiger partial charge in [-0.3, -0.25) is 14.8 Å². The Bertz CT molecular complexity index is 412. The second-order valence-electron chi connectivity index (χ2n) is 3.10. The van der Waals surface area contributed by atoms with Gasteiger partial charge in [-0.05, 0) is 24.6 Å². The summed E-state index contributed by atoms with van der Waals surface area (Å²) in [6.07, 6.45) is 3.47. The highest BCUT2D eigenvalue weighted by atomic mass is 16.5. The molecular formula is C12H13NO3. The lowest BCUT2D eigenvalue weighted by Gasteiger charge is -2.13. The van der Waals surface area contributed by atoms with Gasteiger partial charge in [0.2, 0.25) is 0 Å². The molecule has 16 heavy (non-hydrogen) atoms. The van der Waals surface area contributed by atoms with E-state index in [2.05, 4.69) is 0 Å². The summed E-state index contributed by atoms with van der Waals surface area (Å²) in [5.74, 6) is -0.478. The highest BCUT2D eigenvalue weighted by Gasteiger charge is 2.13. The highest BCUT2D eigenvalue weighted by molar-refractivity contribution is 5.97. The van der Waals surface area contributed by atoms with Crippen LogP contribution in [0.5, 0.6) is 0 Å². The summed E-state index contributed by atoms with van der Waals surface area (Å²) in [5, 5.41) is 9.95. The zero-order valence-corrected chi connectivity index (χ0v) is 8.96. The molecule has 0 aliphatic rings. The van der Waals surface area contributed by atoms with Crippen LogP contribution in [0.25, 0.3) is 6.08 Å². The number of carbonyl (C=O) groups is 2. The quantitative estimate of drug-likeness (QED) is 0.363. The fraction of sp³-hybridized carbons (Fsp3) is 0.167. The predicted molar refractivity (Wildman–Crippen MR) is 60.0 cm³/mol. The third-order valence-electron chi connectivity index (χ3n) is 2.08. The van der Waals surface area contributed by atoms with Gasteiger partial charge in [-0.1, -0.05) is 24.3 Å². The number of hydrogen-bond acceptors (Lipinski definition) is 3. The number of nitrogens with zero attached hydrogens (tertiary/aromatic N) is 1. The van der Waals surface area contributed by atoms with Crippen molar-refractivity contribution in [2.75, 3.05) is 6.54 Å². The van der Waals surface area contributed by atoms with E-state index in [1.165, 1.54) is 12.2 Å². The van der Waals surface area contributed by atoms with Gasteiger partial charge in [0, 0.05) is 12.1 Å². The number of carbonyl (C=O) groups excluding carboxylic acids is 2. The second-order valence-corrected chi connectivity index (χ2v) is 3.10. The van der Waals surface area contributed by atoms with Gasteiger partial charge in [0.1, 0.15) is 6.29 Å². The highest BCUT2D eigenvalue weighted by Crippen LogP contribution is 2.12. The molecule has 0 atom stereocenters. The SMILES string of the molecule is CCN(O)C(=O)c1ccccc1/C=C/C=O. The van der Waals surface area contributed by atoms with Gasteiger partial charge in [-0.25, -0.2) is 5.06 Å². The van der Waals surface area contributed by atoms with Crippen LogP contribution < -0.4 is 0 Å². The van der Waals surface area contributed by atoms with Crippen molar-refractivity contribution in [2.24, 2.45) is 0 Å². The van der Waals surface area contributed by atoms with Crippen molar-refractivity contribution in [3.05, 3.63) is 41.5 Å². The summed E-state index contributed by atoms with van der Waals surface area (Å²) in [6.45, 7) is 1.88. The van der Waals surface area contributed by atoms with E-state index in [1.54, 1.807) is 31.2 Å². The Balaban J connectivity index is 3.07. The molecule has 1 aromatic carbocycles. The molecule has 1 rings (SSSR count). The number of hydroxylamine groups is 2. The molecule has 0 radical (unpaired) electrons. The van der Waals surface area contributed by atoms with Crippen LogP contribution in [0.3, 0.4) is 0 Å². The molecule has 0 aliphatic carbocycles. The number of benzene rings is 1. The van der Waals surface area contributed by atoms with Crippen LogP contribution in [-0.4, -0.2) is 29.0 Å². The number of aldehydes is 1. The molecule has 0 saturated carbocycles. The van der Waals surface area contributed by atoms with Crippen molar-refractivity contribution in [3.63, 3.8) is 0 Å². The topological polar surface area (TPSA) is 57.6 Å². The van der Waals surface area contributed by atoms with E-state index in [-0.39, 0.29) is 6.54 Å². The van der Waals surface area contributed by atoms with Crippen molar-refractivity contribution in [1.82, 2.24) is 5.06 Å².